The van der Waals surface area contributed by atoms with Crippen molar-refractivity contribution in [2.45, 2.75) is 37.8 Å². The third-order valence-electron chi connectivity index (χ3n) is 2.45. The second kappa shape index (κ2) is 7.19. The highest BCUT2D eigenvalue weighted by Crippen LogP contribution is 2.21. The van der Waals surface area contributed by atoms with Crippen LogP contribution >= 0.6 is 0 Å². The monoisotopic (exact) mass is 318 g/mol. The molecule has 0 heterocycles. The highest BCUT2D eigenvalue weighted by molar-refractivity contribution is 7.89. The Bertz CT molecular complexity index is 571. The van der Waals surface area contributed by atoms with Gasteiger partial charge in [-0.15, -0.1) is 0 Å². The van der Waals surface area contributed by atoms with Crippen molar-refractivity contribution in [3.63, 3.8) is 0 Å². The van der Waals surface area contributed by atoms with Gasteiger partial charge in [-0.2, -0.15) is 0 Å². The average molecular weight is 318 g/mol. The summed E-state index contributed by atoms with van der Waals surface area (Å²) in [6.07, 6.45) is 1.63. The van der Waals surface area contributed by atoms with Crippen molar-refractivity contribution in [2.75, 3.05) is 17.3 Å². The molecule has 0 aromatic heterocycles. The Balaban J connectivity index is 3.02. The maximum atomic E-state index is 12.3. The molecule has 1 aromatic rings. The maximum absolute atomic E-state index is 12.3. The number of hydrogen-bond donors (Lipinski definition) is 2. The first-order valence-electron chi connectivity index (χ1n) is 6.40. The van der Waals surface area contributed by atoms with Crippen LogP contribution in [0, 0.1) is 0 Å². The molecule has 0 aliphatic heterocycles. The molecule has 0 radical (unpaired) electrons. The van der Waals surface area contributed by atoms with Crippen molar-refractivity contribution in [3.8, 4) is 0 Å². The van der Waals surface area contributed by atoms with Gasteiger partial charge in [0, 0.05) is 34.9 Å². The third kappa shape index (κ3) is 5.22. The molecule has 0 spiro atoms. The molecule has 2 N–H and O–H groups in total. The molecule has 2 unspecified atom stereocenters. The van der Waals surface area contributed by atoms with Crippen molar-refractivity contribution in [3.05, 3.63) is 24.3 Å². The van der Waals surface area contributed by atoms with E-state index in [1.54, 1.807) is 44.4 Å². The van der Waals surface area contributed by atoms with Crippen LogP contribution in [-0.2, 0) is 20.8 Å². The Morgan fingerprint density at radius 1 is 1.20 bits per heavy atom. The number of para-hydroxylation sites is 1. The van der Waals surface area contributed by atoms with Crippen LogP contribution in [0.25, 0.3) is 0 Å². The Hall–Kier alpha value is -0.920. The van der Waals surface area contributed by atoms with Gasteiger partial charge in [0.2, 0.25) is 10.0 Å². The van der Waals surface area contributed by atoms with Crippen LogP contribution in [0.1, 0.15) is 20.8 Å². The molecule has 0 bridgehead atoms. The molecule has 1 aromatic carbocycles. The summed E-state index contributed by atoms with van der Waals surface area (Å²) in [6.45, 7) is 5.42. The molecule has 7 heteroatoms. The van der Waals surface area contributed by atoms with Crippen LogP contribution in [-0.4, -0.2) is 36.7 Å². The van der Waals surface area contributed by atoms with Gasteiger partial charge in [0.25, 0.3) is 0 Å². The molecular formula is C13H22N2O3S2. The summed E-state index contributed by atoms with van der Waals surface area (Å²) in [6, 6.07) is 6.48. The molecule has 20 heavy (non-hydrogen) atoms. The fraction of sp³-hybridized carbons (Fsp3) is 0.538. The number of nitrogens with one attached hydrogen (secondary N) is 2. The largest absolute Gasteiger partial charge is 0.381 e. The molecule has 0 saturated heterocycles. The fourth-order valence-electron chi connectivity index (χ4n) is 1.85. The van der Waals surface area contributed by atoms with Crippen LogP contribution in [0.15, 0.2) is 29.2 Å². The Morgan fingerprint density at radius 2 is 1.80 bits per heavy atom. The molecule has 114 valence electrons. The lowest BCUT2D eigenvalue weighted by atomic mass is 10.3. The number of benzene rings is 1. The molecule has 1 rings (SSSR count). The Labute approximate surface area is 123 Å². The van der Waals surface area contributed by atoms with Gasteiger partial charge in [-0.1, -0.05) is 12.1 Å². The minimum atomic E-state index is -3.55. The molecular weight excluding hydrogens is 296 g/mol. The summed E-state index contributed by atoms with van der Waals surface area (Å²) in [5, 5.41) is 3.11. The highest BCUT2D eigenvalue weighted by Gasteiger charge is 2.20. The third-order valence-corrected chi connectivity index (χ3v) is 5.14. The topological polar surface area (TPSA) is 75.3 Å². The van der Waals surface area contributed by atoms with Gasteiger partial charge in [-0.05, 0) is 32.9 Å². The lowest BCUT2D eigenvalue weighted by Gasteiger charge is -2.18. The summed E-state index contributed by atoms with van der Waals surface area (Å²) in [5.41, 5.74) is 0.526. The van der Waals surface area contributed by atoms with Crippen molar-refractivity contribution < 1.29 is 12.6 Å². The molecule has 5 nitrogen and oxygen atoms in total. The average Bonchev–Trinajstić information content (AvgIpc) is 2.26. The standard InChI is InChI=1S/C13H22N2O3S2/c1-10(2)15-20(17,18)13-8-6-5-7-12(13)14-11(3)9-19(4)16/h5-8,10-11,14-15H,9H2,1-4H3. The minimum Gasteiger partial charge on any atom is -0.381 e. The zero-order chi connectivity index (χ0) is 15.3. The SMILES string of the molecule is CC(C)NS(=O)(=O)c1ccccc1NC(C)CS(C)=O. The molecule has 0 amide bonds. The summed E-state index contributed by atoms with van der Waals surface area (Å²) in [7, 11) is -4.49. The molecule has 0 saturated carbocycles. The van der Waals surface area contributed by atoms with Crippen molar-refractivity contribution in [1.82, 2.24) is 4.72 Å². The zero-order valence-corrected chi connectivity index (χ0v) is 13.8. The van der Waals surface area contributed by atoms with E-state index in [9.17, 15) is 12.6 Å². The van der Waals surface area contributed by atoms with E-state index in [-0.39, 0.29) is 17.0 Å². The summed E-state index contributed by atoms with van der Waals surface area (Å²) in [4.78, 5) is 0.211. The van der Waals surface area contributed by atoms with E-state index in [0.717, 1.165) is 0 Å². The number of anilines is 1. The first-order valence-corrected chi connectivity index (χ1v) is 9.61. The predicted molar refractivity (Wildman–Crippen MR) is 83.9 cm³/mol. The van der Waals surface area contributed by atoms with E-state index >= 15 is 0 Å². The van der Waals surface area contributed by atoms with Gasteiger partial charge < -0.3 is 5.32 Å². The highest BCUT2D eigenvalue weighted by atomic mass is 32.2. The van der Waals surface area contributed by atoms with Crippen LogP contribution in [0.4, 0.5) is 5.69 Å². The van der Waals surface area contributed by atoms with Crippen molar-refractivity contribution in [2.24, 2.45) is 0 Å². The first-order chi connectivity index (χ1) is 9.22. The van der Waals surface area contributed by atoms with E-state index in [0.29, 0.717) is 11.4 Å². The normalized spacial score (nSPS) is 15.1. The summed E-state index contributed by atoms with van der Waals surface area (Å²) >= 11 is 0. The second-order valence-electron chi connectivity index (χ2n) is 5.06. The van der Waals surface area contributed by atoms with Crippen LogP contribution in [0.3, 0.4) is 0 Å². The van der Waals surface area contributed by atoms with E-state index in [1.165, 1.54) is 0 Å². The van der Waals surface area contributed by atoms with Gasteiger partial charge in [-0.3, -0.25) is 4.21 Å². The van der Waals surface area contributed by atoms with E-state index in [4.69, 9.17) is 0 Å². The summed E-state index contributed by atoms with van der Waals surface area (Å²) in [5.74, 6) is 0.464. The Morgan fingerprint density at radius 3 is 2.35 bits per heavy atom. The fourth-order valence-corrected chi connectivity index (χ4v) is 4.06. The number of rotatable bonds is 7. The van der Waals surface area contributed by atoms with Gasteiger partial charge in [0.1, 0.15) is 4.90 Å². The first kappa shape index (κ1) is 17.1. The molecule has 0 fully saturated rings. The van der Waals surface area contributed by atoms with Crippen LogP contribution in [0.2, 0.25) is 0 Å². The maximum Gasteiger partial charge on any atom is 0.242 e. The minimum absolute atomic E-state index is 0.0729. The molecule has 0 aliphatic carbocycles. The quantitative estimate of drug-likeness (QED) is 0.800. The van der Waals surface area contributed by atoms with E-state index < -0.39 is 20.8 Å². The van der Waals surface area contributed by atoms with Gasteiger partial charge in [-0.25, -0.2) is 13.1 Å². The lowest BCUT2D eigenvalue weighted by molar-refractivity contribution is 0.570. The van der Waals surface area contributed by atoms with Crippen molar-refractivity contribution >= 4 is 26.5 Å². The van der Waals surface area contributed by atoms with Crippen molar-refractivity contribution in [1.29, 1.82) is 0 Å². The predicted octanol–water partition coefficient (Wildman–Crippen LogP) is 1.55. The van der Waals surface area contributed by atoms with E-state index in [1.807, 2.05) is 6.92 Å². The van der Waals surface area contributed by atoms with Gasteiger partial charge in [0.15, 0.2) is 0 Å². The van der Waals surface area contributed by atoms with Gasteiger partial charge in [0.05, 0.1) is 5.69 Å². The van der Waals surface area contributed by atoms with Gasteiger partial charge >= 0.3 is 0 Å². The molecule has 2 atom stereocenters. The van der Waals surface area contributed by atoms with E-state index in [2.05, 4.69) is 10.0 Å². The van der Waals surface area contributed by atoms with Crippen LogP contribution < -0.4 is 10.0 Å². The smallest absolute Gasteiger partial charge is 0.242 e. The second-order valence-corrected chi connectivity index (χ2v) is 8.22. The summed E-state index contributed by atoms with van der Waals surface area (Å²) < 4.78 is 38.3. The molecule has 0 aliphatic rings. The number of sulfonamides is 1. The Kier molecular flexibility index (Phi) is 6.16. The van der Waals surface area contributed by atoms with Crippen LogP contribution in [0.5, 0.6) is 0 Å². The number of hydrogen-bond acceptors (Lipinski definition) is 4. The zero-order valence-electron chi connectivity index (χ0n) is 12.2. The lowest BCUT2D eigenvalue weighted by Crippen LogP contribution is -2.31.